The molecule has 0 aliphatic rings. The molecule has 0 bridgehead atoms. The fraction of sp³-hybridized carbons (Fsp3) is 0.107. The minimum Gasteiger partial charge on any atom is -0.467 e. The van der Waals surface area contributed by atoms with Gasteiger partial charge in [0.25, 0.3) is 5.56 Å². The molecule has 0 aliphatic carbocycles. The molecule has 35 heavy (non-hydrogen) atoms. The van der Waals surface area contributed by atoms with Gasteiger partial charge >= 0.3 is 5.69 Å². The number of aromatic nitrogens is 2. The van der Waals surface area contributed by atoms with Crippen LogP contribution in [0.1, 0.15) is 16.9 Å². The van der Waals surface area contributed by atoms with Crippen molar-refractivity contribution in [3.8, 4) is 5.69 Å². The molecule has 1 amide bonds. The van der Waals surface area contributed by atoms with Crippen molar-refractivity contribution >= 4 is 16.8 Å². The monoisotopic (exact) mass is 465 g/mol. The summed E-state index contributed by atoms with van der Waals surface area (Å²) in [6.45, 7) is 0.658. The second-order valence-corrected chi connectivity index (χ2v) is 8.21. The third-order valence-electron chi connectivity index (χ3n) is 5.83. The van der Waals surface area contributed by atoms with Gasteiger partial charge < -0.3 is 9.73 Å². The second kappa shape index (κ2) is 9.69. The van der Waals surface area contributed by atoms with Crippen LogP contribution in [0.15, 0.2) is 111 Å². The largest absolute Gasteiger partial charge is 0.467 e. The Morgan fingerprint density at radius 3 is 2.29 bits per heavy atom. The maximum atomic E-state index is 13.5. The third-order valence-corrected chi connectivity index (χ3v) is 5.83. The Hall–Kier alpha value is -4.65. The number of rotatable bonds is 7. The van der Waals surface area contributed by atoms with Crippen LogP contribution in [0.5, 0.6) is 0 Å². The highest BCUT2D eigenvalue weighted by atomic mass is 16.3. The number of hydrogen-bond acceptors (Lipinski definition) is 4. The number of para-hydroxylation sites is 1. The Morgan fingerprint density at radius 1 is 0.800 bits per heavy atom. The van der Waals surface area contributed by atoms with Crippen molar-refractivity contribution in [3.05, 3.63) is 135 Å². The molecule has 7 nitrogen and oxygen atoms in total. The van der Waals surface area contributed by atoms with E-state index in [1.165, 1.54) is 4.57 Å². The van der Waals surface area contributed by atoms with Gasteiger partial charge in [0.05, 0.1) is 42.4 Å². The molecular formula is C28H23N3O4. The van der Waals surface area contributed by atoms with Gasteiger partial charge in [-0.25, -0.2) is 9.36 Å². The first-order valence-corrected chi connectivity index (χ1v) is 11.3. The van der Waals surface area contributed by atoms with E-state index in [0.717, 1.165) is 11.1 Å². The predicted octanol–water partition coefficient (Wildman–Crippen LogP) is 3.65. The highest BCUT2D eigenvalue weighted by Gasteiger charge is 2.15. The number of carbonyl (C=O) groups excluding carboxylic acids is 1. The quantitative estimate of drug-likeness (QED) is 0.398. The van der Waals surface area contributed by atoms with Crippen LogP contribution in [0.3, 0.4) is 0 Å². The van der Waals surface area contributed by atoms with Crippen LogP contribution >= 0.6 is 0 Å². The van der Waals surface area contributed by atoms with Crippen LogP contribution in [-0.2, 0) is 24.3 Å². The molecule has 0 radical (unpaired) electrons. The molecule has 0 atom stereocenters. The first kappa shape index (κ1) is 22.2. The normalized spacial score (nSPS) is 11.0. The summed E-state index contributed by atoms with van der Waals surface area (Å²) < 4.78 is 8.02. The van der Waals surface area contributed by atoms with E-state index in [0.29, 0.717) is 35.4 Å². The van der Waals surface area contributed by atoms with Gasteiger partial charge in [-0.05, 0) is 47.5 Å². The van der Waals surface area contributed by atoms with Crippen LogP contribution < -0.4 is 16.6 Å². The van der Waals surface area contributed by atoms with Gasteiger partial charge in [0.15, 0.2) is 0 Å². The highest BCUT2D eigenvalue weighted by molar-refractivity contribution is 5.79. The average molecular weight is 466 g/mol. The minimum absolute atomic E-state index is 0.151. The topological polar surface area (TPSA) is 86.2 Å². The van der Waals surface area contributed by atoms with Crippen LogP contribution in [0.4, 0.5) is 0 Å². The van der Waals surface area contributed by atoms with Gasteiger partial charge in [0.1, 0.15) is 5.76 Å². The Labute approximate surface area is 200 Å². The zero-order valence-corrected chi connectivity index (χ0v) is 18.9. The first-order chi connectivity index (χ1) is 17.1. The summed E-state index contributed by atoms with van der Waals surface area (Å²) in [5.41, 5.74) is 1.98. The fourth-order valence-corrected chi connectivity index (χ4v) is 4.08. The summed E-state index contributed by atoms with van der Waals surface area (Å²) in [6.07, 6.45) is 1.73. The van der Waals surface area contributed by atoms with E-state index in [2.05, 4.69) is 5.32 Å². The number of carbonyl (C=O) groups is 1. The van der Waals surface area contributed by atoms with E-state index < -0.39 is 5.69 Å². The fourth-order valence-electron chi connectivity index (χ4n) is 4.08. The molecule has 5 rings (SSSR count). The summed E-state index contributed by atoms with van der Waals surface area (Å²) >= 11 is 0. The Balaban J connectivity index is 1.46. The molecule has 7 heteroatoms. The maximum absolute atomic E-state index is 13.5. The maximum Gasteiger partial charge on any atom is 0.336 e. The SMILES string of the molecule is O=C(Cc1ccc(-n2c(=O)c3ccccc3n(Cc3ccccc3)c2=O)cc1)NCc1ccco1. The lowest BCUT2D eigenvalue weighted by Gasteiger charge is -2.14. The van der Waals surface area contributed by atoms with Gasteiger partial charge in [-0.15, -0.1) is 0 Å². The van der Waals surface area contributed by atoms with Crippen molar-refractivity contribution < 1.29 is 9.21 Å². The molecule has 0 unspecified atom stereocenters. The number of amides is 1. The summed E-state index contributed by atoms with van der Waals surface area (Å²) in [7, 11) is 0. The second-order valence-electron chi connectivity index (χ2n) is 8.21. The van der Waals surface area contributed by atoms with E-state index in [-0.39, 0.29) is 17.9 Å². The number of fused-ring (bicyclic) bond motifs is 1. The molecule has 0 saturated heterocycles. The van der Waals surface area contributed by atoms with Crippen LogP contribution in [0.25, 0.3) is 16.6 Å². The number of benzene rings is 3. The molecule has 0 fully saturated rings. The number of hydrogen-bond donors (Lipinski definition) is 1. The van der Waals surface area contributed by atoms with Gasteiger partial charge in [-0.1, -0.05) is 54.6 Å². The van der Waals surface area contributed by atoms with Crippen LogP contribution in [0.2, 0.25) is 0 Å². The average Bonchev–Trinajstić information content (AvgIpc) is 3.41. The first-order valence-electron chi connectivity index (χ1n) is 11.3. The van der Waals surface area contributed by atoms with Crippen LogP contribution in [-0.4, -0.2) is 15.0 Å². The Kier molecular flexibility index (Phi) is 6.13. The summed E-state index contributed by atoms with van der Waals surface area (Å²) in [5, 5.41) is 3.27. The Bertz CT molecular complexity index is 1580. The number of nitrogens with one attached hydrogen (secondary N) is 1. The molecule has 0 aliphatic heterocycles. The highest BCUT2D eigenvalue weighted by Crippen LogP contribution is 2.13. The molecule has 1 N–H and O–H groups in total. The molecule has 0 saturated carbocycles. The standard InChI is InChI=1S/C28H23N3O4/c32-26(29-18-23-9-6-16-35-23)17-20-12-14-22(15-13-20)31-27(33)24-10-4-5-11-25(24)30(28(31)34)19-21-7-2-1-3-8-21/h1-16H,17-19H2,(H,29,32). The van der Waals surface area contributed by atoms with E-state index >= 15 is 0 Å². The van der Waals surface area contributed by atoms with E-state index in [1.807, 2.05) is 36.4 Å². The number of furan rings is 1. The van der Waals surface area contributed by atoms with E-state index in [9.17, 15) is 14.4 Å². The summed E-state index contributed by atoms with van der Waals surface area (Å²) in [6, 6.07) is 27.2. The van der Waals surface area contributed by atoms with Gasteiger partial charge in [0, 0.05) is 0 Å². The van der Waals surface area contributed by atoms with Crippen molar-refractivity contribution in [2.45, 2.75) is 19.5 Å². The van der Waals surface area contributed by atoms with E-state index in [4.69, 9.17) is 4.42 Å². The van der Waals surface area contributed by atoms with Crippen molar-refractivity contribution in [2.75, 3.05) is 0 Å². The van der Waals surface area contributed by atoms with Gasteiger partial charge in [-0.3, -0.25) is 14.2 Å². The lowest BCUT2D eigenvalue weighted by atomic mass is 10.1. The smallest absolute Gasteiger partial charge is 0.336 e. The lowest BCUT2D eigenvalue weighted by molar-refractivity contribution is -0.120. The van der Waals surface area contributed by atoms with Crippen molar-refractivity contribution in [1.29, 1.82) is 0 Å². The molecule has 2 heterocycles. The molecular weight excluding hydrogens is 442 g/mol. The van der Waals surface area contributed by atoms with Crippen molar-refractivity contribution in [3.63, 3.8) is 0 Å². The van der Waals surface area contributed by atoms with Crippen LogP contribution in [0, 0.1) is 0 Å². The third kappa shape index (κ3) is 4.70. The van der Waals surface area contributed by atoms with Crippen molar-refractivity contribution in [2.24, 2.45) is 0 Å². The Morgan fingerprint density at radius 2 is 1.54 bits per heavy atom. The van der Waals surface area contributed by atoms with Crippen molar-refractivity contribution in [1.82, 2.24) is 14.5 Å². The molecule has 2 aromatic heterocycles. The lowest BCUT2D eigenvalue weighted by Crippen LogP contribution is -2.39. The molecule has 174 valence electrons. The molecule has 5 aromatic rings. The molecule has 3 aromatic carbocycles. The van der Waals surface area contributed by atoms with Gasteiger partial charge in [0.2, 0.25) is 5.91 Å². The molecule has 0 spiro atoms. The minimum atomic E-state index is -0.415. The summed E-state index contributed by atoms with van der Waals surface area (Å²) in [4.78, 5) is 39.1. The predicted molar refractivity (Wildman–Crippen MR) is 134 cm³/mol. The summed E-state index contributed by atoms with van der Waals surface area (Å²) in [5.74, 6) is 0.526. The zero-order chi connectivity index (χ0) is 24.2. The van der Waals surface area contributed by atoms with E-state index in [1.54, 1.807) is 65.4 Å². The zero-order valence-electron chi connectivity index (χ0n) is 18.9. The van der Waals surface area contributed by atoms with Gasteiger partial charge in [-0.2, -0.15) is 0 Å². The number of nitrogens with zero attached hydrogens (tertiary/aromatic N) is 2.